The molecule has 0 unspecified atom stereocenters. The van der Waals surface area contributed by atoms with E-state index in [0.717, 1.165) is 21.4 Å². The van der Waals surface area contributed by atoms with Crippen molar-refractivity contribution in [1.29, 1.82) is 0 Å². The summed E-state index contributed by atoms with van der Waals surface area (Å²) in [5.74, 6) is 1.11. The molecule has 1 aliphatic rings. The molecule has 0 bridgehead atoms. The summed E-state index contributed by atoms with van der Waals surface area (Å²) in [5, 5.41) is 11.2. The van der Waals surface area contributed by atoms with Gasteiger partial charge in [0, 0.05) is 10.6 Å². The van der Waals surface area contributed by atoms with E-state index in [2.05, 4.69) is 21.5 Å². The fraction of sp³-hybridized carbons (Fsp3) is 0.588. The van der Waals surface area contributed by atoms with Crippen LogP contribution in [0.4, 0.5) is 0 Å². The Kier molecular flexibility index (Phi) is 4.53. The summed E-state index contributed by atoms with van der Waals surface area (Å²) in [7, 11) is 0. The van der Waals surface area contributed by atoms with E-state index in [0.29, 0.717) is 0 Å². The molecule has 0 saturated heterocycles. The Morgan fingerprint density at radius 3 is 3.00 bits per heavy atom. The summed E-state index contributed by atoms with van der Waals surface area (Å²) in [6.07, 6.45) is 12.0. The fourth-order valence-electron chi connectivity index (χ4n) is 3.33. The molecule has 122 valence electrons. The summed E-state index contributed by atoms with van der Waals surface area (Å²) in [6, 6.07) is 0. The Hall–Kier alpha value is -1.14. The van der Waals surface area contributed by atoms with Gasteiger partial charge in [0.15, 0.2) is 10.8 Å². The zero-order chi connectivity index (χ0) is 15.6. The lowest BCUT2D eigenvalue weighted by molar-refractivity contribution is 0.700. The lowest BCUT2D eigenvalue weighted by Crippen LogP contribution is -1.99. The molecule has 4 rings (SSSR count). The number of rotatable bonds is 6. The summed E-state index contributed by atoms with van der Waals surface area (Å²) >= 11 is 3.66. The molecule has 0 radical (unpaired) electrons. The van der Waals surface area contributed by atoms with Crippen molar-refractivity contribution in [2.45, 2.75) is 63.4 Å². The average molecular weight is 347 g/mol. The van der Waals surface area contributed by atoms with Gasteiger partial charge < -0.3 is 0 Å². The van der Waals surface area contributed by atoms with E-state index in [-0.39, 0.29) is 0 Å². The number of thiophene rings is 1. The van der Waals surface area contributed by atoms with Crippen molar-refractivity contribution >= 4 is 39.0 Å². The maximum absolute atomic E-state index is 4.69. The standard InChI is InChI=1S/C17H22N4S2/c1-2-3-4-7-10-22-17-20-19-15-14-12-8-5-6-9-13(12)23-16(14)18-11-21(15)17/h11H,2-10H2,1H3. The zero-order valence-electron chi connectivity index (χ0n) is 13.5. The molecular weight excluding hydrogens is 324 g/mol. The summed E-state index contributed by atoms with van der Waals surface area (Å²) in [5.41, 5.74) is 2.49. The molecular formula is C17H22N4S2. The van der Waals surface area contributed by atoms with Crippen LogP contribution in [0.3, 0.4) is 0 Å². The Bertz CT molecular complexity index is 821. The van der Waals surface area contributed by atoms with E-state index < -0.39 is 0 Å². The molecule has 0 saturated carbocycles. The fourth-order valence-corrected chi connectivity index (χ4v) is 5.45. The Labute approximate surface area is 144 Å². The summed E-state index contributed by atoms with van der Waals surface area (Å²) < 4.78 is 2.09. The lowest BCUT2D eigenvalue weighted by Gasteiger charge is -2.10. The molecule has 23 heavy (non-hydrogen) atoms. The van der Waals surface area contributed by atoms with Gasteiger partial charge in [0.2, 0.25) is 0 Å². The highest BCUT2D eigenvalue weighted by Crippen LogP contribution is 2.37. The maximum Gasteiger partial charge on any atom is 0.196 e. The van der Waals surface area contributed by atoms with Gasteiger partial charge in [0.25, 0.3) is 0 Å². The molecule has 3 heterocycles. The van der Waals surface area contributed by atoms with Crippen molar-refractivity contribution in [3.05, 3.63) is 16.8 Å². The molecule has 0 aromatic carbocycles. The van der Waals surface area contributed by atoms with Crippen molar-refractivity contribution in [1.82, 2.24) is 19.6 Å². The summed E-state index contributed by atoms with van der Waals surface area (Å²) in [4.78, 5) is 7.35. The second-order valence-electron chi connectivity index (χ2n) is 6.22. The number of aromatic nitrogens is 4. The Morgan fingerprint density at radius 1 is 1.17 bits per heavy atom. The molecule has 4 nitrogen and oxygen atoms in total. The van der Waals surface area contributed by atoms with E-state index in [9.17, 15) is 0 Å². The van der Waals surface area contributed by atoms with Gasteiger partial charge in [-0.3, -0.25) is 4.40 Å². The highest BCUT2D eigenvalue weighted by Gasteiger charge is 2.20. The smallest absolute Gasteiger partial charge is 0.196 e. The van der Waals surface area contributed by atoms with Crippen molar-refractivity contribution in [2.75, 3.05) is 5.75 Å². The molecule has 0 spiro atoms. The minimum Gasteiger partial charge on any atom is -0.260 e. The number of unbranched alkanes of at least 4 members (excludes halogenated alkanes) is 3. The quantitative estimate of drug-likeness (QED) is 0.471. The van der Waals surface area contributed by atoms with Crippen LogP contribution in [-0.4, -0.2) is 25.3 Å². The van der Waals surface area contributed by atoms with Gasteiger partial charge in [-0.25, -0.2) is 4.98 Å². The van der Waals surface area contributed by atoms with E-state index in [1.54, 1.807) is 0 Å². The van der Waals surface area contributed by atoms with Gasteiger partial charge in [-0.15, -0.1) is 21.5 Å². The number of hydrogen-bond donors (Lipinski definition) is 0. The van der Waals surface area contributed by atoms with Crippen LogP contribution in [0.15, 0.2) is 11.5 Å². The minimum absolute atomic E-state index is 0.988. The number of nitrogens with zero attached hydrogens (tertiary/aromatic N) is 4. The third-order valence-corrected chi connectivity index (χ3v) is 6.79. The van der Waals surface area contributed by atoms with Crippen LogP contribution in [0.1, 0.15) is 55.9 Å². The number of hydrogen-bond acceptors (Lipinski definition) is 5. The highest BCUT2D eigenvalue weighted by molar-refractivity contribution is 7.99. The molecule has 6 heteroatoms. The third kappa shape index (κ3) is 2.87. The highest BCUT2D eigenvalue weighted by atomic mass is 32.2. The van der Waals surface area contributed by atoms with Crippen molar-refractivity contribution < 1.29 is 0 Å². The van der Waals surface area contributed by atoms with E-state index in [4.69, 9.17) is 4.98 Å². The van der Waals surface area contributed by atoms with Gasteiger partial charge in [0.05, 0.1) is 5.39 Å². The monoisotopic (exact) mass is 346 g/mol. The summed E-state index contributed by atoms with van der Waals surface area (Å²) in [6.45, 7) is 2.25. The molecule has 1 aliphatic carbocycles. The first-order chi connectivity index (χ1) is 11.4. The van der Waals surface area contributed by atoms with Crippen LogP contribution >= 0.6 is 23.1 Å². The van der Waals surface area contributed by atoms with E-state index in [1.807, 2.05) is 29.4 Å². The van der Waals surface area contributed by atoms with E-state index >= 15 is 0 Å². The molecule has 0 N–H and O–H groups in total. The van der Waals surface area contributed by atoms with Gasteiger partial charge in [-0.05, 0) is 37.7 Å². The molecule has 0 amide bonds. The number of fused-ring (bicyclic) bond motifs is 5. The molecule has 0 aliphatic heterocycles. The van der Waals surface area contributed by atoms with Crippen LogP contribution in [0.5, 0.6) is 0 Å². The number of thioether (sulfide) groups is 1. The Balaban J connectivity index is 1.64. The van der Waals surface area contributed by atoms with Crippen molar-refractivity contribution in [3.8, 4) is 0 Å². The Morgan fingerprint density at radius 2 is 2.09 bits per heavy atom. The SMILES string of the molecule is CCCCCCSc1nnc2c3c4c(sc3ncn12)CCCC4. The predicted molar refractivity (Wildman–Crippen MR) is 97.7 cm³/mol. The van der Waals surface area contributed by atoms with Gasteiger partial charge >= 0.3 is 0 Å². The first-order valence-corrected chi connectivity index (χ1v) is 10.5. The second-order valence-corrected chi connectivity index (χ2v) is 8.37. The minimum atomic E-state index is 0.988. The van der Waals surface area contributed by atoms with Gasteiger partial charge in [-0.1, -0.05) is 37.9 Å². The molecule has 3 aromatic heterocycles. The van der Waals surface area contributed by atoms with Crippen LogP contribution < -0.4 is 0 Å². The van der Waals surface area contributed by atoms with Crippen molar-refractivity contribution in [3.63, 3.8) is 0 Å². The van der Waals surface area contributed by atoms with Gasteiger partial charge in [-0.2, -0.15) is 0 Å². The normalized spacial score (nSPS) is 14.7. The first kappa shape index (κ1) is 15.4. The molecule has 0 atom stereocenters. The third-order valence-electron chi connectivity index (χ3n) is 4.56. The lowest BCUT2D eigenvalue weighted by atomic mass is 9.97. The van der Waals surface area contributed by atoms with Gasteiger partial charge in [0.1, 0.15) is 11.2 Å². The van der Waals surface area contributed by atoms with Crippen LogP contribution in [0, 0.1) is 0 Å². The predicted octanol–water partition coefficient (Wildman–Crippen LogP) is 4.89. The van der Waals surface area contributed by atoms with Crippen LogP contribution in [-0.2, 0) is 12.8 Å². The van der Waals surface area contributed by atoms with Crippen LogP contribution in [0.2, 0.25) is 0 Å². The van der Waals surface area contributed by atoms with Crippen LogP contribution in [0.25, 0.3) is 15.9 Å². The van der Waals surface area contributed by atoms with E-state index in [1.165, 1.54) is 67.2 Å². The molecule has 3 aromatic rings. The average Bonchev–Trinajstić information content (AvgIpc) is 3.15. The second kappa shape index (κ2) is 6.77. The zero-order valence-corrected chi connectivity index (χ0v) is 15.2. The number of aryl methyl sites for hydroxylation is 2. The first-order valence-electron chi connectivity index (χ1n) is 8.65. The maximum atomic E-state index is 4.69. The topological polar surface area (TPSA) is 43.1 Å². The molecule has 0 fully saturated rings. The van der Waals surface area contributed by atoms with Crippen molar-refractivity contribution in [2.24, 2.45) is 0 Å². The largest absolute Gasteiger partial charge is 0.260 e.